The van der Waals surface area contributed by atoms with Crippen LogP contribution >= 0.6 is 11.8 Å². The summed E-state index contributed by atoms with van der Waals surface area (Å²) in [5.74, 6) is 0.690. The maximum atomic E-state index is 15.2. The van der Waals surface area contributed by atoms with Gasteiger partial charge in [-0.15, -0.1) is 0 Å². The molecule has 4 nitrogen and oxygen atoms in total. The molecule has 0 bridgehead atoms. The van der Waals surface area contributed by atoms with Gasteiger partial charge in [-0.3, -0.25) is 9.98 Å². The highest BCUT2D eigenvalue weighted by atomic mass is 32.2. The highest BCUT2D eigenvalue weighted by Crippen LogP contribution is 2.41. The van der Waals surface area contributed by atoms with Crippen LogP contribution in [0.5, 0.6) is 0 Å². The summed E-state index contributed by atoms with van der Waals surface area (Å²) in [6, 6.07) is 1.97. The largest absolute Gasteiger partial charge is 0.326 e. The number of halogens is 1. The zero-order chi connectivity index (χ0) is 18.4. The molecular formula is C19H23FN4S. The Hall–Kier alpha value is -2.13. The van der Waals surface area contributed by atoms with Crippen LogP contribution in [0.25, 0.3) is 0 Å². The minimum absolute atomic E-state index is 0.125. The lowest BCUT2D eigenvalue weighted by Gasteiger charge is -2.29. The van der Waals surface area contributed by atoms with Crippen LogP contribution in [0, 0.1) is 11.3 Å². The molecule has 0 amide bonds. The summed E-state index contributed by atoms with van der Waals surface area (Å²) in [4.78, 5) is 11.6. The molecule has 0 aromatic rings. The molecule has 0 spiro atoms. The Balaban J connectivity index is 2.45. The molecule has 25 heavy (non-hydrogen) atoms. The number of alkyl halides is 1. The number of rotatable bonds is 6. The van der Waals surface area contributed by atoms with E-state index in [4.69, 9.17) is 5.26 Å². The number of hydrogen-bond donors (Lipinski definition) is 0. The van der Waals surface area contributed by atoms with Crippen molar-refractivity contribution < 1.29 is 4.39 Å². The number of thioether (sulfide) groups is 1. The Kier molecular flexibility index (Phi) is 6.38. The van der Waals surface area contributed by atoms with E-state index in [1.807, 2.05) is 48.5 Å². The number of nitrogens with zero attached hydrogens (tertiary/aromatic N) is 4. The van der Waals surface area contributed by atoms with E-state index in [2.05, 4.69) is 16.6 Å². The maximum absolute atomic E-state index is 15.2. The SMILES string of the molecule is C=C(S/C=C\C)C1=NCC(C(/C=C\C)=NC)=C2CC(F)(CC#N)CN12. The lowest BCUT2D eigenvalue weighted by atomic mass is 9.97. The third-order valence-electron chi connectivity index (χ3n) is 4.11. The number of allylic oxidation sites excluding steroid dienone is 4. The Labute approximate surface area is 153 Å². The molecule has 0 radical (unpaired) electrons. The normalized spacial score (nSPS) is 24.0. The molecule has 2 rings (SSSR count). The first-order chi connectivity index (χ1) is 12.0. The molecule has 0 N–H and O–H groups in total. The summed E-state index contributed by atoms with van der Waals surface area (Å²) in [6.07, 6.45) is 5.81. The van der Waals surface area contributed by atoms with E-state index in [1.54, 1.807) is 7.05 Å². The maximum Gasteiger partial charge on any atom is 0.147 e. The van der Waals surface area contributed by atoms with Crippen molar-refractivity contribution in [3.05, 3.63) is 46.4 Å². The minimum Gasteiger partial charge on any atom is -0.326 e. The predicted octanol–water partition coefficient (Wildman–Crippen LogP) is 4.41. The van der Waals surface area contributed by atoms with Gasteiger partial charge in [0.25, 0.3) is 0 Å². The average molecular weight is 358 g/mol. The molecule has 132 valence electrons. The number of aliphatic imine (C=N–C) groups is 2. The number of hydrogen-bond acceptors (Lipinski definition) is 5. The first kappa shape index (κ1) is 19.2. The second-order valence-electron chi connectivity index (χ2n) is 5.93. The van der Waals surface area contributed by atoms with Crippen LogP contribution in [0.4, 0.5) is 4.39 Å². The third kappa shape index (κ3) is 4.10. The Morgan fingerprint density at radius 2 is 2.28 bits per heavy atom. The van der Waals surface area contributed by atoms with Gasteiger partial charge in [-0.2, -0.15) is 5.26 Å². The van der Waals surface area contributed by atoms with E-state index in [1.165, 1.54) is 11.8 Å². The fraction of sp³-hybridized carbons (Fsp3) is 0.421. The molecule has 0 aromatic carbocycles. The topological polar surface area (TPSA) is 51.8 Å². The van der Waals surface area contributed by atoms with Gasteiger partial charge in [0.2, 0.25) is 0 Å². The van der Waals surface area contributed by atoms with E-state index in [0.29, 0.717) is 12.4 Å². The van der Waals surface area contributed by atoms with Crippen molar-refractivity contribution in [3.8, 4) is 6.07 Å². The third-order valence-corrected chi connectivity index (χ3v) is 4.98. The van der Waals surface area contributed by atoms with Crippen molar-refractivity contribution in [2.24, 2.45) is 9.98 Å². The van der Waals surface area contributed by atoms with Gasteiger partial charge in [0.05, 0.1) is 31.3 Å². The molecule has 2 aliphatic rings. The molecule has 1 atom stereocenters. The van der Waals surface area contributed by atoms with Crippen molar-refractivity contribution in [1.29, 1.82) is 5.26 Å². The molecule has 6 heteroatoms. The van der Waals surface area contributed by atoms with E-state index in [0.717, 1.165) is 21.9 Å². The monoisotopic (exact) mass is 358 g/mol. The summed E-state index contributed by atoms with van der Waals surface area (Å²) in [6.45, 7) is 8.50. The summed E-state index contributed by atoms with van der Waals surface area (Å²) >= 11 is 1.47. The van der Waals surface area contributed by atoms with E-state index in [9.17, 15) is 0 Å². The molecule has 0 aromatic heterocycles. The van der Waals surface area contributed by atoms with Gasteiger partial charge in [-0.1, -0.05) is 30.5 Å². The van der Waals surface area contributed by atoms with Gasteiger partial charge in [0.1, 0.15) is 11.5 Å². The van der Waals surface area contributed by atoms with Crippen molar-refractivity contribution in [3.63, 3.8) is 0 Å². The van der Waals surface area contributed by atoms with E-state index < -0.39 is 5.67 Å². The van der Waals surface area contributed by atoms with Crippen LogP contribution in [0.2, 0.25) is 0 Å². The predicted molar refractivity (Wildman–Crippen MR) is 104 cm³/mol. The van der Waals surface area contributed by atoms with Gasteiger partial charge >= 0.3 is 0 Å². The molecule has 2 aliphatic heterocycles. The lowest BCUT2D eigenvalue weighted by Crippen LogP contribution is -2.36. The summed E-state index contributed by atoms with van der Waals surface area (Å²) < 4.78 is 15.2. The second-order valence-corrected chi connectivity index (χ2v) is 6.93. The zero-order valence-electron chi connectivity index (χ0n) is 14.9. The Bertz CT molecular complexity index is 739. The molecule has 1 saturated heterocycles. The Morgan fingerprint density at radius 3 is 2.88 bits per heavy atom. The van der Waals surface area contributed by atoms with Crippen molar-refractivity contribution in [2.45, 2.75) is 32.4 Å². The van der Waals surface area contributed by atoms with E-state index in [-0.39, 0.29) is 19.4 Å². The fourth-order valence-corrected chi connectivity index (χ4v) is 3.61. The van der Waals surface area contributed by atoms with Crippen LogP contribution in [0.1, 0.15) is 26.7 Å². The number of amidine groups is 1. The first-order valence-corrected chi connectivity index (χ1v) is 9.04. The molecule has 0 aliphatic carbocycles. The zero-order valence-corrected chi connectivity index (χ0v) is 15.7. The van der Waals surface area contributed by atoms with Gasteiger partial charge in [-0.05, 0) is 25.3 Å². The van der Waals surface area contributed by atoms with Crippen LogP contribution in [-0.2, 0) is 0 Å². The minimum atomic E-state index is -1.57. The van der Waals surface area contributed by atoms with Gasteiger partial charge in [-0.25, -0.2) is 4.39 Å². The van der Waals surface area contributed by atoms with Crippen LogP contribution in [0.3, 0.4) is 0 Å². The summed E-state index contributed by atoms with van der Waals surface area (Å²) in [5, 5.41) is 10.9. The van der Waals surface area contributed by atoms with Gasteiger partial charge in [0.15, 0.2) is 0 Å². The van der Waals surface area contributed by atoms with Gasteiger partial charge < -0.3 is 4.90 Å². The number of fused-ring (bicyclic) bond motifs is 1. The first-order valence-electron chi connectivity index (χ1n) is 8.16. The van der Waals surface area contributed by atoms with Crippen LogP contribution in [-0.4, -0.2) is 42.3 Å². The molecule has 2 heterocycles. The van der Waals surface area contributed by atoms with E-state index >= 15 is 4.39 Å². The van der Waals surface area contributed by atoms with Crippen molar-refractivity contribution in [2.75, 3.05) is 20.1 Å². The quantitative estimate of drug-likeness (QED) is 0.661. The molecule has 1 unspecified atom stereocenters. The van der Waals surface area contributed by atoms with Crippen LogP contribution in [0.15, 0.2) is 56.4 Å². The second kappa shape index (κ2) is 8.30. The average Bonchev–Trinajstić information content (AvgIpc) is 2.94. The fourth-order valence-electron chi connectivity index (χ4n) is 3.03. The number of nitriles is 1. The van der Waals surface area contributed by atoms with Gasteiger partial charge in [0, 0.05) is 29.6 Å². The highest BCUT2D eigenvalue weighted by Gasteiger charge is 2.45. The standard InChI is InChI=1S/C19H23FN4S/c1-5-7-16(22-4)15-12-23-18(14(3)25-10-6-2)24-13-19(20,8-9-21)11-17(15)24/h5-7,10H,3,8,11-13H2,1-2,4H3/b7-5-,10-6-,22-16?. The summed E-state index contributed by atoms with van der Waals surface area (Å²) in [7, 11) is 1.72. The lowest BCUT2D eigenvalue weighted by molar-refractivity contribution is 0.186. The molecule has 0 saturated carbocycles. The summed E-state index contributed by atoms with van der Waals surface area (Å²) in [5.41, 5.74) is 1.02. The van der Waals surface area contributed by atoms with Crippen molar-refractivity contribution >= 4 is 23.3 Å². The highest BCUT2D eigenvalue weighted by molar-refractivity contribution is 8.06. The molecule has 1 fully saturated rings. The Morgan fingerprint density at radius 1 is 1.52 bits per heavy atom. The molecular weight excluding hydrogens is 335 g/mol. The van der Waals surface area contributed by atoms with Crippen molar-refractivity contribution in [1.82, 2.24) is 4.90 Å². The van der Waals surface area contributed by atoms with Crippen LogP contribution < -0.4 is 0 Å². The smallest absolute Gasteiger partial charge is 0.147 e.